The molecule has 0 aromatic heterocycles. The first kappa shape index (κ1) is 21.1. The van der Waals surface area contributed by atoms with Crippen molar-refractivity contribution in [2.24, 2.45) is 5.10 Å². The van der Waals surface area contributed by atoms with Crippen LogP contribution in [0.1, 0.15) is 21.5 Å². The summed E-state index contributed by atoms with van der Waals surface area (Å²) in [6.45, 7) is 0.349. The molecule has 5 nitrogen and oxygen atoms in total. The second kappa shape index (κ2) is 10.2. The monoisotopic (exact) mass is 516 g/mol. The lowest BCUT2D eigenvalue weighted by Gasteiger charge is -2.11. The first-order valence-corrected chi connectivity index (χ1v) is 10.3. The maximum absolute atomic E-state index is 12.6. The van der Waals surface area contributed by atoms with Crippen LogP contribution in [0.15, 0.2) is 80.8 Å². The first-order valence-electron chi connectivity index (χ1n) is 8.70. The highest BCUT2D eigenvalue weighted by molar-refractivity contribution is 9.10. The Hall–Kier alpha value is -2.64. The lowest BCUT2D eigenvalue weighted by Crippen LogP contribution is -2.18. The van der Waals surface area contributed by atoms with E-state index in [0.717, 1.165) is 20.1 Å². The van der Waals surface area contributed by atoms with Crippen LogP contribution in [0.4, 0.5) is 0 Å². The molecule has 0 aliphatic heterocycles. The lowest BCUT2D eigenvalue weighted by molar-refractivity contribution is 0.0950. The van der Waals surface area contributed by atoms with Gasteiger partial charge >= 0.3 is 0 Å². The highest BCUT2D eigenvalue weighted by Crippen LogP contribution is 2.22. The van der Waals surface area contributed by atoms with E-state index in [4.69, 9.17) is 9.47 Å². The Labute approximate surface area is 186 Å². The van der Waals surface area contributed by atoms with Gasteiger partial charge in [0.2, 0.25) is 0 Å². The Bertz CT molecular complexity index is 1040. The quantitative estimate of drug-likeness (QED) is 0.329. The fourth-order valence-electron chi connectivity index (χ4n) is 2.59. The molecule has 29 heavy (non-hydrogen) atoms. The van der Waals surface area contributed by atoms with Crippen molar-refractivity contribution in [1.29, 1.82) is 0 Å². The smallest absolute Gasteiger partial charge is 0.275 e. The molecule has 148 valence electrons. The summed E-state index contributed by atoms with van der Waals surface area (Å²) in [6.07, 6.45) is 1.53. The summed E-state index contributed by atoms with van der Waals surface area (Å²) in [7, 11) is 1.58. The van der Waals surface area contributed by atoms with Gasteiger partial charge < -0.3 is 9.47 Å². The molecule has 3 aromatic rings. The summed E-state index contributed by atoms with van der Waals surface area (Å²) in [5, 5.41) is 4.05. The summed E-state index contributed by atoms with van der Waals surface area (Å²) in [5.41, 5.74) is 4.67. The number of carbonyl (C=O) groups is 1. The van der Waals surface area contributed by atoms with Crippen molar-refractivity contribution in [3.8, 4) is 11.5 Å². The van der Waals surface area contributed by atoms with Gasteiger partial charge in [0.1, 0.15) is 18.1 Å². The average Bonchev–Trinajstić information content (AvgIpc) is 2.72. The van der Waals surface area contributed by atoms with Gasteiger partial charge in [0.05, 0.1) is 18.9 Å². The molecule has 0 atom stereocenters. The third kappa shape index (κ3) is 5.92. The van der Waals surface area contributed by atoms with Gasteiger partial charge in [0, 0.05) is 14.5 Å². The molecule has 0 spiro atoms. The summed E-state index contributed by atoms with van der Waals surface area (Å²) in [4.78, 5) is 12.6. The third-order valence-corrected chi connectivity index (χ3v) is 4.96. The zero-order valence-corrected chi connectivity index (χ0v) is 18.7. The van der Waals surface area contributed by atoms with E-state index >= 15 is 0 Å². The second-order valence-corrected chi connectivity index (χ2v) is 7.83. The summed E-state index contributed by atoms with van der Waals surface area (Å²) in [5.74, 6) is 0.782. The Morgan fingerprint density at radius 1 is 1.00 bits per heavy atom. The van der Waals surface area contributed by atoms with Crippen LogP contribution in [0, 0.1) is 0 Å². The van der Waals surface area contributed by atoms with E-state index < -0.39 is 0 Å². The van der Waals surface area contributed by atoms with Crippen LogP contribution in [0.5, 0.6) is 11.5 Å². The Morgan fingerprint density at radius 2 is 1.79 bits per heavy atom. The Balaban J connectivity index is 1.69. The van der Waals surface area contributed by atoms with Crippen molar-refractivity contribution in [2.45, 2.75) is 6.61 Å². The number of methoxy groups -OCH3 is 1. The molecule has 0 aliphatic carbocycles. The molecule has 3 rings (SSSR count). The maximum atomic E-state index is 12.6. The molecule has 1 amide bonds. The van der Waals surface area contributed by atoms with E-state index in [1.807, 2.05) is 48.5 Å². The van der Waals surface area contributed by atoms with Crippen LogP contribution in [0.2, 0.25) is 0 Å². The summed E-state index contributed by atoms with van der Waals surface area (Å²) < 4.78 is 13.0. The van der Waals surface area contributed by atoms with Gasteiger partial charge in [-0.15, -0.1) is 0 Å². The largest absolute Gasteiger partial charge is 0.496 e. The number of benzene rings is 3. The number of nitrogens with one attached hydrogen (secondary N) is 1. The van der Waals surface area contributed by atoms with Gasteiger partial charge in [-0.2, -0.15) is 5.10 Å². The minimum Gasteiger partial charge on any atom is -0.496 e. The van der Waals surface area contributed by atoms with Crippen molar-refractivity contribution in [3.63, 3.8) is 0 Å². The molecule has 0 saturated carbocycles. The van der Waals surface area contributed by atoms with Gasteiger partial charge in [0.25, 0.3) is 5.91 Å². The number of amides is 1. The number of hydrogen-bond acceptors (Lipinski definition) is 4. The number of halogens is 2. The molecule has 7 heteroatoms. The maximum Gasteiger partial charge on any atom is 0.275 e. The van der Waals surface area contributed by atoms with E-state index in [1.54, 1.807) is 25.3 Å². The van der Waals surface area contributed by atoms with E-state index in [-0.39, 0.29) is 5.91 Å². The normalized spacial score (nSPS) is 10.7. The topological polar surface area (TPSA) is 59.9 Å². The van der Waals surface area contributed by atoms with Crippen molar-refractivity contribution >= 4 is 44.0 Å². The average molecular weight is 518 g/mol. The molecule has 0 saturated heterocycles. The molecule has 0 unspecified atom stereocenters. The zero-order valence-electron chi connectivity index (χ0n) is 15.6. The molecule has 3 aromatic carbocycles. The SMILES string of the molecule is COc1ccc(Br)cc1/C=N/NC(=O)c1ccccc1OCc1cccc(Br)c1. The lowest BCUT2D eigenvalue weighted by atomic mass is 10.2. The van der Waals surface area contributed by atoms with Crippen molar-refractivity contribution in [1.82, 2.24) is 5.43 Å². The van der Waals surface area contributed by atoms with Crippen LogP contribution < -0.4 is 14.9 Å². The Morgan fingerprint density at radius 3 is 2.59 bits per heavy atom. The van der Waals surface area contributed by atoms with E-state index in [2.05, 4.69) is 42.4 Å². The minimum atomic E-state index is -0.361. The van der Waals surface area contributed by atoms with Crippen molar-refractivity contribution < 1.29 is 14.3 Å². The number of rotatable bonds is 7. The number of hydrazone groups is 1. The molecule has 0 heterocycles. The molecule has 0 bridgehead atoms. The van der Waals surface area contributed by atoms with Crippen LogP contribution in [-0.4, -0.2) is 19.2 Å². The predicted octanol–water partition coefficient (Wildman–Crippen LogP) is 5.56. The third-order valence-electron chi connectivity index (χ3n) is 3.98. The predicted molar refractivity (Wildman–Crippen MR) is 121 cm³/mol. The van der Waals surface area contributed by atoms with Crippen LogP contribution in [0.25, 0.3) is 0 Å². The number of hydrogen-bond donors (Lipinski definition) is 1. The molecule has 0 fully saturated rings. The zero-order chi connectivity index (χ0) is 20.6. The van der Waals surface area contributed by atoms with Crippen LogP contribution in [0.3, 0.4) is 0 Å². The first-order chi connectivity index (χ1) is 14.1. The van der Waals surface area contributed by atoms with E-state index in [1.165, 1.54) is 6.21 Å². The van der Waals surface area contributed by atoms with Crippen LogP contribution in [-0.2, 0) is 6.61 Å². The van der Waals surface area contributed by atoms with Gasteiger partial charge in [-0.05, 0) is 48.0 Å². The number of para-hydroxylation sites is 1. The van der Waals surface area contributed by atoms with Gasteiger partial charge in [0.15, 0.2) is 0 Å². The molecular formula is C22H18Br2N2O3. The van der Waals surface area contributed by atoms with Crippen LogP contribution >= 0.6 is 31.9 Å². The molecule has 1 N–H and O–H groups in total. The standard InChI is InChI=1S/C22H18Br2N2O3/c1-28-20-10-9-18(24)12-16(20)13-25-26-22(27)19-7-2-3-8-21(19)29-14-15-5-4-6-17(23)11-15/h2-13H,14H2,1H3,(H,26,27)/b25-13+. The molecule has 0 aliphatic rings. The summed E-state index contributed by atoms with van der Waals surface area (Å²) >= 11 is 6.85. The molecular weight excluding hydrogens is 500 g/mol. The summed E-state index contributed by atoms with van der Waals surface area (Å²) in [6, 6.07) is 20.4. The van der Waals surface area contributed by atoms with Gasteiger partial charge in [-0.25, -0.2) is 5.43 Å². The number of ether oxygens (including phenoxy) is 2. The fraction of sp³-hybridized carbons (Fsp3) is 0.0909. The van der Waals surface area contributed by atoms with Crippen molar-refractivity contribution in [2.75, 3.05) is 7.11 Å². The van der Waals surface area contributed by atoms with Gasteiger partial charge in [-0.1, -0.05) is 56.1 Å². The number of carbonyl (C=O) groups excluding carboxylic acids is 1. The number of nitrogens with zero attached hydrogens (tertiary/aromatic N) is 1. The van der Waals surface area contributed by atoms with Gasteiger partial charge in [-0.3, -0.25) is 4.79 Å². The Kier molecular flexibility index (Phi) is 7.43. The fourth-order valence-corrected chi connectivity index (χ4v) is 3.42. The molecule has 0 radical (unpaired) electrons. The highest BCUT2D eigenvalue weighted by Gasteiger charge is 2.12. The second-order valence-electron chi connectivity index (χ2n) is 6.00. The van der Waals surface area contributed by atoms with Crippen molar-refractivity contribution in [3.05, 3.63) is 92.4 Å². The van der Waals surface area contributed by atoms with E-state index in [9.17, 15) is 4.79 Å². The van der Waals surface area contributed by atoms with E-state index in [0.29, 0.717) is 23.7 Å². The highest BCUT2D eigenvalue weighted by atomic mass is 79.9. The minimum absolute atomic E-state index is 0.349.